The Kier molecular flexibility index (Phi) is 3.42. The fraction of sp³-hybridized carbons (Fsp3) is 0.455. The molecule has 0 radical (unpaired) electrons. The predicted molar refractivity (Wildman–Crippen MR) is 56.8 cm³/mol. The number of aromatic nitrogens is 1. The van der Waals surface area contributed by atoms with Gasteiger partial charge in [0.2, 0.25) is 5.91 Å². The van der Waals surface area contributed by atoms with Gasteiger partial charge in [-0.2, -0.15) is 0 Å². The zero-order valence-electron chi connectivity index (χ0n) is 9.03. The van der Waals surface area contributed by atoms with Crippen LogP contribution in [-0.4, -0.2) is 16.0 Å². The van der Waals surface area contributed by atoms with Gasteiger partial charge in [0.05, 0.1) is 12.3 Å². The molecule has 1 rings (SSSR count). The summed E-state index contributed by atoms with van der Waals surface area (Å²) in [6, 6.07) is 5.37. The zero-order chi connectivity index (χ0) is 11.5. The first-order chi connectivity index (χ1) is 6.95. The normalized spacial score (nSPS) is 11.4. The molecule has 4 nitrogen and oxygen atoms in total. The lowest BCUT2D eigenvalue weighted by atomic mass is 9.87. The fourth-order valence-electron chi connectivity index (χ4n) is 1.26. The number of aliphatic hydroxyl groups excluding tert-OH is 1. The van der Waals surface area contributed by atoms with Gasteiger partial charge in [0.25, 0.3) is 0 Å². The molecule has 0 spiro atoms. The molecule has 0 aliphatic rings. The molecule has 0 unspecified atom stereocenters. The van der Waals surface area contributed by atoms with E-state index in [1.54, 1.807) is 19.9 Å². The first kappa shape index (κ1) is 11.7. The fourth-order valence-corrected chi connectivity index (χ4v) is 1.26. The van der Waals surface area contributed by atoms with Crippen molar-refractivity contribution in [2.24, 2.45) is 11.1 Å². The highest BCUT2D eigenvalue weighted by Gasteiger charge is 2.25. The minimum Gasteiger partial charge on any atom is -0.390 e. The van der Waals surface area contributed by atoms with Crippen molar-refractivity contribution >= 4 is 5.91 Å². The van der Waals surface area contributed by atoms with E-state index >= 15 is 0 Å². The number of nitrogens with two attached hydrogens (primary N) is 1. The summed E-state index contributed by atoms with van der Waals surface area (Å²) in [5.74, 6) is -0.348. The number of pyridine rings is 1. The minimum absolute atomic E-state index is 0.0924. The molecule has 0 atom stereocenters. The van der Waals surface area contributed by atoms with Gasteiger partial charge in [0.15, 0.2) is 0 Å². The third-order valence-corrected chi connectivity index (χ3v) is 2.32. The van der Waals surface area contributed by atoms with Gasteiger partial charge in [-0.05, 0) is 12.1 Å². The summed E-state index contributed by atoms with van der Waals surface area (Å²) in [5.41, 5.74) is 6.04. The molecule has 1 amide bonds. The third-order valence-electron chi connectivity index (χ3n) is 2.32. The highest BCUT2D eigenvalue weighted by atomic mass is 16.3. The molecule has 0 aliphatic carbocycles. The van der Waals surface area contributed by atoms with Crippen molar-refractivity contribution in [2.45, 2.75) is 26.9 Å². The SMILES string of the molecule is CC(C)(Cc1cccc(CO)n1)C(N)=O. The van der Waals surface area contributed by atoms with Crippen LogP contribution in [0.25, 0.3) is 0 Å². The molecule has 0 aliphatic heterocycles. The van der Waals surface area contributed by atoms with E-state index in [4.69, 9.17) is 10.8 Å². The molecule has 1 aromatic heterocycles. The average Bonchev–Trinajstić information content (AvgIpc) is 2.17. The van der Waals surface area contributed by atoms with Gasteiger partial charge in [-0.3, -0.25) is 9.78 Å². The smallest absolute Gasteiger partial charge is 0.223 e. The van der Waals surface area contributed by atoms with Gasteiger partial charge in [0, 0.05) is 17.5 Å². The molecule has 82 valence electrons. The van der Waals surface area contributed by atoms with E-state index in [2.05, 4.69) is 4.98 Å². The number of aliphatic hydroxyl groups is 1. The molecule has 0 bridgehead atoms. The van der Waals surface area contributed by atoms with Crippen LogP contribution in [0.1, 0.15) is 25.2 Å². The number of amides is 1. The number of carbonyl (C=O) groups excluding carboxylic acids is 1. The number of hydrogen-bond acceptors (Lipinski definition) is 3. The molecule has 0 aromatic carbocycles. The lowest BCUT2D eigenvalue weighted by Gasteiger charge is -2.19. The van der Waals surface area contributed by atoms with E-state index in [9.17, 15) is 4.79 Å². The monoisotopic (exact) mass is 208 g/mol. The maximum Gasteiger partial charge on any atom is 0.223 e. The Hall–Kier alpha value is -1.42. The summed E-state index contributed by atoms with van der Waals surface area (Å²) in [7, 11) is 0. The zero-order valence-corrected chi connectivity index (χ0v) is 9.03. The summed E-state index contributed by atoms with van der Waals surface area (Å²) in [5, 5.41) is 8.92. The molecular weight excluding hydrogens is 192 g/mol. The highest BCUT2D eigenvalue weighted by molar-refractivity contribution is 5.80. The molecule has 4 heteroatoms. The van der Waals surface area contributed by atoms with Crippen molar-refractivity contribution in [1.82, 2.24) is 4.98 Å². The van der Waals surface area contributed by atoms with E-state index in [0.717, 1.165) is 5.69 Å². The maximum absolute atomic E-state index is 11.1. The van der Waals surface area contributed by atoms with Gasteiger partial charge < -0.3 is 10.8 Å². The molecular formula is C11H16N2O2. The Morgan fingerprint density at radius 1 is 1.47 bits per heavy atom. The third kappa shape index (κ3) is 3.02. The van der Waals surface area contributed by atoms with Gasteiger partial charge >= 0.3 is 0 Å². The largest absolute Gasteiger partial charge is 0.390 e. The van der Waals surface area contributed by atoms with Crippen molar-refractivity contribution in [3.63, 3.8) is 0 Å². The van der Waals surface area contributed by atoms with Crippen LogP contribution in [0.5, 0.6) is 0 Å². The van der Waals surface area contributed by atoms with Crippen LogP contribution < -0.4 is 5.73 Å². The summed E-state index contributed by atoms with van der Waals surface area (Å²) in [6.45, 7) is 3.47. The molecule has 0 fully saturated rings. The number of rotatable bonds is 4. The van der Waals surface area contributed by atoms with E-state index in [1.165, 1.54) is 0 Å². The Bertz CT molecular complexity index is 361. The van der Waals surface area contributed by atoms with Crippen molar-refractivity contribution in [1.29, 1.82) is 0 Å². The summed E-state index contributed by atoms with van der Waals surface area (Å²) in [6.07, 6.45) is 0.482. The van der Waals surface area contributed by atoms with Crippen LogP contribution in [0.15, 0.2) is 18.2 Å². The van der Waals surface area contributed by atoms with Crippen LogP contribution in [0.4, 0.5) is 0 Å². The van der Waals surface area contributed by atoms with Crippen LogP contribution in [0.3, 0.4) is 0 Å². The lowest BCUT2D eigenvalue weighted by molar-refractivity contribution is -0.125. The topological polar surface area (TPSA) is 76.2 Å². The molecule has 0 saturated heterocycles. The maximum atomic E-state index is 11.1. The molecule has 1 heterocycles. The van der Waals surface area contributed by atoms with E-state index in [0.29, 0.717) is 12.1 Å². The number of carbonyl (C=O) groups is 1. The van der Waals surface area contributed by atoms with Crippen LogP contribution >= 0.6 is 0 Å². The second-order valence-electron chi connectivity index (χ2n) is 4.20. The lowest BCUT2D eigenvalue weighted by Crippen LogP contribution is -2.33. The molecule has 15 heavy (non-hydrogen) atoms. The van der Waals surface area contributed by atoms with E-state index in [1.807, 2.05) is 12.1 Å². The van der Waals surface area contributed by atoms with Crippen LogP contribution in [0, 0.1) is 5.41 Å². The Labute approximate surface area is 89.1 Å². The van der Waals surface area contributed by atoms with E-state index in [-0.39, 0.29) is 12.5 Å². The Morgan fingerprint density at radius 2 is 2.07 bits per heavy atom. The molecule has 1 aromatic rings. The van der Waals surface area contributed by atoms with Gasteiger partial charge in [0.1, 0.15) is 0 Å². The summed E-state index contributed by atoms with van der Waals surface area (Å²) < 4.78 is 0. The van der Waals surface area contributed by atoms with E-state index < -0.39 is 5.41 Å². The summed E-state index contributed by atoms with van der Waals surface area (Å²) >= 11 is 0. The van der Waals surface area contributed by atoms with Crippen LogP contribution in [0.2, 0.25) is 0 Å². The van der Waals surface area contributed by atoms with Gasteiger partial charge in [-0.15, -0.1) is 0 Å². The number of primary amides is 1. The molecule has 0 saturated carbocycles. The Morgan fingerprint density at radius 3 is 2.60 bits per heavy atom. The van der Waals surface area contributed by atoms with Gasteiger partial charge in [-0.25, -0.2) is 0 Å². The second-order valence-corrected chi connectivity index (χ2v) is 4.20. The van der Waals surface area contributed by atoms with Gasteiger partial charge in [-0.1, -0.05) is 19.9 Å². The Balaban J connectivity index is 2.85. The number of hydrogen-bond donors (Lipinski definition) is 2. The van der Waals surface area contributed by atoms with Crippen LogP contribution in [-0.2, 0) is 17.8 Å². The van der Waals surface area contributed by atoms with Crippen molar-refractivity contribution in [3.8, 4) is 0 Å². The minimum atomic E-state index is -0.610. The van der Waals surface area contributed by atoms with Crippen molar-refractivity contribution in [3.05, 3.63) is 29.6 Å². The average molecular weight is 208 g/mol. The first-order valence-corrected chi connectivity index (χ1v) is 4.81. The van der Waals surface area contributed by atoms with Crippen molar-refractivity contribution < 1.29 is 9.90 Å². The quantitative estimate of drug-likeness (QED) is 0.761. The standard InChI is InChI=1S/C11H16N2O2/c1-11(2,10(12)15)6-8-4-3-5-9(7-14)13-8/h3-5,14H,6-7H2,1-2H3,(H2,12,15). The second kappa shape index (κ2) is 4.40. The highest BCUT2D eigenvalue weighted by Crippen LogP contribution is 2.20. The van der Waals surface area contributed by atoms with Crippen molar-refractivity contribution in [2.75, 3.05) is 0 Å². The predicted octanol–water partition coefficient (Wildman–Crippen LogP) is 0.628. The summed E-state index contributed by atoms with van der Waals surface area (Å²) in [4.78, 5) is 15.3. The number of nitrogens with zero attached hydrogens (tertiary/aromatic N) is 1. The molecule has 3 N–H and O–H groups in total. The first-order valence-electron chi connectivity index (χ1n) is 4.81.